The fourth-order valence-electron chi connectivity index (χ4n) is 11.8. The Morgan fingerprint density at radius 2 is 0.761 bits per heavy atom. The summed E-state index contributed by atoms with van der Waals surface area (Å²) in [7, 11) is 0. The van der Waals surface area contributed by atoms with Gasteiger partial charge in [0.05, 0.1) is 32.0 Å². The van der Waals surface area contributed by atoms with Crippen LogP contribution in [0.4, 0.5) is 0 Å². The first kappa shape index (κ1) is 81.8. The van der Waals surface area contributed by atoms with Crippen molar-refractivity contribution >= 4 is 5.91 Å². The molecule has 0 radical (unpaired) electrons. The van der Waals surface area contributed by atoms with Gasteiger partial charge in [-0.15, -0.1) is 0 Å². The summed E-state index contributed by atoms with van der Waals surface area (Å²) in [6.45, 7) is 2.78. The van der Waals surface area contributed by atoms with E-state index in [-0.39, 0.29) is 18.9 Å². The zero-order chi connectivity index (χ0) is 63.8. The van der Waals surface area contributed by atoms with Crippen molar-refractivity contribution < 1.29 is 64.6 Å². The molecule has 0 aromatic heterocycles. The largest absolute Gasteiger partial charge is 0.394 e. The molecule has 514 valence electrons. The zero-order valence-corrected chi connectivity index (χ0v) is 56.0. The lowest BCUT2D eigenvalue weighted by Crippen LogP contribution is -2.65. The van der Waals surface area contributed by atoms with Crippen LogP contribution in [0, 0.1) is 0 Å². The van der Waals surface area contributed by atoms with Gasteiger partial charge in [0.25, 0.3) is 0 Å². The minimum atomic E-state index is -1.79. The molecule has 2 aliphatic rings. The number of allylic oxidation sites excluding steroid dienone is 9. The fraction of sp³-hybridized carbons (Fsp3) is 0.851. The summed E-state index contributed by atoms with van der Waals surface area (Å²) in [6.07, 6.45) is 61.6. The Balaban J connectivity index is 1.60. The van der Waals surface area contributed by atoms with Gasteiger partial charge in [0.1, 0.15) is 48.8 Å². The summed E-state index contributed by atoms with van der Waals surface area (Å²) in [4.78, 5) is 13.3. The van der Waals surface area contributed by atoms with Crippen molar-refractivity contribution in [2.45, 2.75) is 383 Å². The van der Waals surface area contributed by atoms with Crippen LogP contribution in [0.3, 0.4) is 0 Å². The Kier molecular flexibility index (Phi) is 54.4. The molecule has 2 rings (SSSR count). The van der Waals surface area contributed by atoms with Crippen molar-refractivity contribution in [3.63, 3.8) is 0 Å². The molecule has 0 aromatic rings. The second-order valence-corrected chi connectivity index (χ2v) is 25.7. The van der Waals surface area contributed by atoms with Gasteiger partial charge in [-0.1, -0.05) is 286 Å². The summed E-state index contributed by atoms with van der Waals surface area (Å²) in [5.41, 5.74) is 0. The molecule has 0 saturated carbocycles. The molecule has 0 aromatic carbocycles. The van der Waals surface area contributed by atoms with Gasteiger partial charge >= 0.3 is 0 Å². The lowest BCUT2D eigenvalue weighted by Gasteiger charge is -2.46. The molecule has 2 fully saturated rings. The van der Waals surface area contributed by atoms with E-state index in [0.717, 1.165) is 51.4 Å². The molecule has 2 saturated heterocycles. The quantitative estimate of drug-likeness (QED) is 0.0204. The number of carbonyl (C=O) groups is 1. The Morgan fingerprint density at radius 1 is 0.409 bits per heavy atom. The van der Waals surface area contributed by atoms with E-state index >= 15 is 0 Å². The minimum Gasteiger partial charge on any atom is -0.394 e. The van der Waals surface area contributed by atoms with Crippen molar-refractivity contribution in [1.82, 2.24) is 5.32 Å². The van der Waals surface area contributed by atoms with Crippen LogP contribution in [0.5, 0.6) is 0 Å². The third-order valence-electron chi connectivity index (χ3n) is 17.7. The molecule has 2 aliphatic heterocycles. The molecule has 88 heavy (non-hydrogen) atoms. The molecule has 14 heteroatoms. The van der Waals surface area contributed by atoms with Gasteiger partial charge in [0, 0.05) is 6.42 Å². The number of nitrogens with one attached hydrogen (secondary N) is 1. The Bertz CT molecular complexity index is 1710. The average molecular weight is 1250 g/mol. The van der Waals surface area contributed by atoms with Crippen LogP contribution in [0.25, 0.3) is 0 Å². The Labute approximate surface area is 536 Å². The molecule has 9 N–H and O–H groups in total. The van der Waals surface area contributed by atoms with Crippen LogP contribution in [0.15, 0.2) is 60.8 Å². The van der Waals surface area contributed by atoms with E-state index in [1.165, 1.54) is 225 Å². The minimum absolute atomic E-state index is 0.249. The van der Waals surface area contributed by atoms with Crippen LogP contribution in [-0.2, 0) is 23.7 Å². The molecular formula is C74H135NO13. The summed E-state index contributed by atoms with van der Waals surface area (Å²) < 4.78 is 22.8. The van der Waals surface area contributed by atoms with Crippen LogP contribution in [0.2, 0.25) is 0 Å². The number of hydrogen-bond acceptors (Lipinski definition) is 13. The van der Waals surface area contributed by atoms with Crippen molar-refractivity contribution in [1.29, 1.82) is 0 Å². The van der Waals surface area contributed by atoms with E-state index in [1.54, 1.807) is 6.08 Å². The van der Waals surface area contributed by atoms with Gasteiger partial charge in [-0.2, -0.15) is 0 Å². The van der Waals surface area contributed by atoms with E-state index in [9.17, 15) is 45.6 Å². The van der Waals surface area contributed by atoms with Crippen LogP contribution >= 0.6 is 0 Å². The number of aliphatic hydroxyl groups excluding tert-OH is 8. The van der Waals surface area contributed by atoms with E-state index in [1.807, 2.05) is 6.08 Å². The highest BCUT2D eigenvalue weighted by atomic mass is 16.7. The van der Waals surface area contributed by atoms with Crippen LogP contribution in [0.1, 0.15) is 309 Å². The second-order valence-electron chi connectivity index (χ2n) is 25.7. The van der Waals surface area contributed by atoms with E-state index < -0.39 is 86.8 Å². The standard InChI is InChI=1S/C74H135NO13/c1-3-5-7-9-11-13-15-17-19-21-22-23-24-25-26-27-28-29-30-31-32-33-34-35-36-37-38-39-40-42-44-46-48-50-52-54-56-58-66(79)75-62(63(78)57-55-53-51-49-47-45-43-41-20-18-16-14-12-10-8-6-4-2)61-85-73-71(84)69(82)72(65(60-77)87-73)88-74-70(83)68(81)67(80)64(59-76)86-74/h15,17,20-22,41,47,49,55,57,62-65,67-74,76-78,80-84H,3-14,16,18-19,23-40,42-46,48,50-54,56,58-61H2,1-2H3,(H,75,79)/b17-15-,22-21-,41-20+,49-47+,57-55+. The van der Waals surface area contributed by atoms with Gasteiger partial charge in [-0.3, -0.25) is 4.79 Å². The van der Waals surface area contributed by atoms with E-state index in [4.69, 9.17) is 18.9 Å². The average Bonchev–Trinajstić information content (AvgIpc) is 2.07. The van der Waals surface area contributed by atoms with E-state index in [2.05, 4.69) is 67.8 Å². The van der Waals surface area contributed by atoms with Crippen molar-refractivity contribution in [2.75, 3.05) is 19.8 Å². The molecule has 14 nitrogen and oxygen atoms in total. The summed E-state index contributed by atoms with van der Waals surface area (Å²) >= 11 is 0. The molecular weight excluding hydrogens is 1110 g/mol. The highest BCUT2D eigenvalue weighted by Gasteiger charge is 2.51. The Morgan fingerprint density at radius 3 is 1.18 bits per heavy atom. The molecule has 12 atom stereocenters. The number of unbranched alkanes of at least 4 members (excludes halogenated alkanes) is 39. The first-order valence-corrected chi connectivity index (χ1v) is 36.5. The summed E-state index contributed by atoms with van der Waals surface area (Å²) in [5.74, 6) is -0.249. The normalized spacial score (nSPS) is 23.5. The number of amides is 1. The lowest BCUT2D eigenvalue weighted by molar-refractivity contribution is -0.359. The predicted molar refractivity (Wildman–Crippen MR) is 360 cm³/mol. The monoisotopic (exact) mass is 1250 g/mol. The summed E-state index contributed by atoms with van der Waals surface area (Å²) in [6, 6.07) is -0.938. The van der Waals surface area contributed by atoms with Gasteiger partial charge < -0.3 is 65.1 Å². The predicted octanol–water partition coefficient (Wildman–Crippen LogP) is 15.2. The first-order valence-electron chi connectivity index (χ1n) is 36.5. The third-order valence-corrected chi connectivity index (χ3v) is 17.7. The third kappa shape index (κ3) is 42.0. The second kappa shape index (κ2) is 58.5. The Hall–Kier alpha value is -2.31. The van der Waals surface area contributed by atoms with Crippen molar-refractivity contribution in [3.05, 3.63) is 60.8 Å². The van der Waals surface area contributed by atoms with E-state index in [0.29, 0.717) is 12.8 Å². The fourth-order valence-corrected chi connectivity index (χ4v) is 11.8. The highest BCUT2D eigenvalue weighted by Crippen LogP contribution is 2.30. The maximum atomic E-state index is 13.3. The number of hydrogen-bond donors (Lipinski definition) is 9. The molecule has 12 unspecified atom stereocenters. The maximum Gasteiger partial charge on any atom is 0.220 e. The van der Waals surface area contributed by atoms with Crippen molar-refractivity contribution in [3.8, 4) is 0 Å². The molecule has 0 bridgehead atoms. The zero-order valence-electron chi connectivity index (χ0n) is 56.0. The molecule has 2 heterocycles. The first-order chi connectivity index (χ1) is 43.1. The molecule has 0 spiro atoms. The van der Waals surface area contributed by atoms with Crippen LogP contribution in [-0.4, -0.2) is 140 Å². The number of carbonyl (C=O) groups excluding carboxylic acids is 1. The van der Waals surface area contributed by atoms with Gasteiger partial charge in [0.2, 0.25) is 5.91 Å². The smallest absolute Gasteiger partial charge is 0.220 e. The highest BCUT2D eigenvalue weighted by molar-refractivity contribution is 5.76. The number of aliphatic hydroxyl groups is 8. The number of ether oxygens (including phenoxy) is 4. The van der Waals surface area contributed by atoms with Gasteiger partial charge in [-0.25, -0.2) is 0 Å². The SMILES string of the molecule is CCCCCCC/C=C\C/C=C\CCCCCCCCCCCCCCCCCCCCCCCCCCCC(=O)NC(COC1OC(CO)C(OC2OC(CO)C(O)C(O)C2O)C(O)C1O)C(O)/C=C/CC/C=C/CC/C=C/CCCCCCCCC. The maximum absolute atomic E-state index is 13.3. The molecule has 1 amide bonds. The van der Waals surface area contributed by atoms with Gasteiger partial charge in [-0.05, 0) is 77.0 Å². The summed E-state index contributed by atoms with van der Waals surface area (Å²) in [5, 5.41) is 87.3. The van der Waals surface area contributed by atoms with Crippen LogP contribution < -0.4 is 5.32 Å². The topological polar surface area (TPSA) is 228 Å². The molecule has 0 aliphatic carbocycles. The van der Waals surface area contributed by atoms with Crippen molar-refractivity contribution in [2.24, 2.45) is 0 Å². The number of rotatable bonds is 60. The van der Waals surface area contributed by atoms with Gasteiger partial charge in [0.15, 0.2) is 12.6 Å². The lowest BCUT2D eigenvalue weighted by atomic mass is 9.97.